The van der Waals surface area contributed by atoms with Crippen LogP contribution in [0.5, 0.6) is 0 Å². The molecule has 3 atom stereocenters. The summed E-state index contributed by atoms with van der Waals surface area (Å²) in [6.07, 6.45) is 9.17. The molecule has 1 N–H and O–H groups in total. The second-order valence-electron chi connectivity index (χ2n) is 5.26. The topological polar surface area (TPSA) is 21.3 Å². The lowest BCUT2D eigenvalue weighted by atomic mass is 9.92. The Morgan fingerprint density at radius 3 is 2.82 bits per heavy atom. The Morgan fingerprint density at radius 2 is 2.18 bits per heavy atom. The maximum atomic E-state index is 5.85. The van der Waals surface area contributed by atoms with E-state index in [1.807, 2.05) is 7.11 Å². The van der Waals surface area contributed by atoms with Crippen molar-refractivity contribution in [2.45, 2.75) is 64.0 Å². The van der Waals surface area contributed by atoms with Crippen LogP contribution in [0.1, 0.15) is 51.9 Å². The Hall–Kier alpha value is 0.210. The van der Waals surface area contributed by atoms with Gasteiger partial charge in [0.25, 0.3) is 0 Å². The zero-order valence-corrected chi connectivity index (χ0v) is 12.1. The van der Waals surface area contributed by atoms with Gasteiger partial charge in [0, 0.05) is 19.0 Å². The summed E-state index contributed by atoms with van der Waals surface area (Å²) in [5.41, 5.74) is 0. The molecule has 0 radical (unpaired) electrons. The SMILES string of the molecule is CCCC(CCCl)CNC1CCCC(OC)C1. The number of ether oxygens (including phenoxy) is 1. The minimum Gasteiger partial charge on any atom is -0.381 e. The van der Waals surface area contributed by atoms with Gasteiger partial charge >= 0.3 is 0 Å². The monoisotopic (exact) mass is 261 g/mol. The smallest absolute Gasteiger partial charge is 0.0586 e. The number of methoxy groups -OCH3 is 1. The van der Waals surface area contributed by atoms with Gasteiger partial charge in [0.05, 0.1) is 6.10 Å². The maximum absolute atomic E-state index is 5.85. The quantitative estimate of drug-likeness (QED) is 0.675. The molecule has 0 amide bonds. The molecule has 1 fully saturated rings. The van der Waals surface area contributed by atoms with Crippen molar-refractivity contribution >= 4 is 11.6 Å². The van der Waals surface area contributed by atoms with Crippen LogP contribution in [0.15, 0.2) is 0 Å². The predicted octanol–water partition coefficient (Wildman–Crippen LogP) is 3.58. The summed E-state index contributed by atoms with van der Waals surface area (Å²) in [6, 6.07) is 0.656. The van der Waals surface area contributed by atoms with E-state index in [9.17, 15) is 0 Å². The van der Waals surface area contributed by atoms with Gasteiger partial charge in [0.2, 0.25) is 0 Å². The summed E-state index contributed by atoms with van der Waals surface area (Å²) < 4.78 is 5.46. The van der Waals surface area contributed by atoms with E-state index in [0.29, 0.717) is 12.1 Å². The van der Waals surface area contributed by atoms with E-state index < -0.39 is 0 Å². The average molecular weight is 262 g/mol. The van der Waals surface area contributed by atoms with E-state index >= 15 is 0 Å². The van der Waals surface area contributed by atoms with Crippen molar-refractivity contribution in [3.8, 4) is 0 Å². The maximum Gasteiger partial charge on any atom is 0.0586 e. The summed E-state index contributed by atoms with van der Waals surface area (Å²) in [4.78, 5) is 0. The molecule has 0 spiro atoms. The normalized spacial score (nSPS) is 27.0. The molecule has 2 nitrogen and oxygen atoms in total. The summed E-state index contributed by atoms with van der Waals surface area (Å²) in [5, 5.41) is 3.72. The zero-order valence-electron chi connectivity index (χ0n) is 11.4. The van der Waals surface area contributed by atoms with Gasteiger partial charge in [-0.15, -0.1) is 11.6 Å². The van der Waals surface area contributed by atoms with Gasteiger partial charge < -0.3 is 10.1 Å². The van der Waals surface area contributed by atoms with Crippen LogP contribution in [0.4, 0.5) is 0 Å². The van der Waals surface area contributed by atoms with E-state index in [4.69, 9.17) is 16.3 Å². The van der Waals surface area contributed by atoms with Gasteiger partial charge in [0.1, 0.15) is 0 Å². The van der Waals surface area contributed by atoms with Crippen LogP contribution in [0.3, 0.4) is 0 Å². The van der Waals surface area contributed by atoms with Crippen molar-refractivity contribution in [3.05, 3.63) is 0 Å². The summed E-state index contributed by atoms with van der Waals surface area (Å²) in [6.45, 7) is 3.38. The van der Waals surface area contributed by atoms with Crippen molar-refractivity contribution in [1.29, 1.82) is 0 Å². The lowest BCUT2D eigenvalue weighted by Gasteiger charge is -2.30. The predicted molar refractivity (Wildman–Crippen MR) is 74.8 cm³/mol. The fourth-order valence-corrected chi connectivity index (χ4v) is 3.10. The number of hydrogen-bond acceptors (Lipinski definition) is 2. The summed E-state index contributed by atoms with van der Waals surface area (Å²) in [7, 11) is 1.83. The standard InChI is InChI=1S/C14H28ClNO/c1-3-5-12(8-9-15)11-16-13-6-4-7-14(10-13)17-2/h12-14,16H,3-11H2,1-2H3. The fourth-order valence-electron chi connectivity index (χ4n) is 2.79. The lowest BCUT2D eigenvalue weighted by molar-refractivity contribution is 0.0581. The van der Waals surface area contributed by atoms with Gasteiger partial charge in [-0.25, -0.2) is 0 Å². The average Bonchev–Trinajstić information content (AvgIpc) is 2.37. The molecular formula is C14H28ClNO. The molecule has 0 bridgehead atoms. The molecule has 0 heterocycles. The van der Waals surface area contributed by atoms with E-state index in [0.717, 1.165) is 24.8 Å². The molecule has 102 valence electrons. The largest absolute Gasteiger partial charge is 0.381 e. The third kappa shape index (κ3) is 6.08. The van der Waals surface area contributed by atoms with E-state index in [2.05, 4.69) is 12.2 Å². The van der Waals surface area contributed by atoms with Crippen LogP contribution >= 0.6 is 11.6 Å². The number of hydrogen-bond donors (Lipinski definition) is 1. The van der Waals surface area contributed by atoms with Crippen LogP contribution in [-0.2, 0) is 4.74 Å². The van der Waals surface area contributed by atoms with Gasteiger partial charge in [-0.1, -0.05) is 13.3 Å². The molecule has 0 aliphatic heterocycles. The van der Waals surface area contributed by atoms with Gasteiger partial charge in [-0.3, -0.25) is 0 Å². The van der Waals surface area contributed by atoms with Gasteiger partial charge in [0.15, 0.2) is 0 Å². The first-order valence-corrected chi connectivity index (χ1v) is 7.65. The van der Waals surface area contributed by atoms with E-state index in [-0.39, 0.29) is 0 Å². The van der Waals surface area contributed by atoms with Crippen molar-refractivity contribution in [3.63, 3.8) is 0 Å². The highest BCUT2D eigenvalue weighted by Crippen LogP contribution is 2.21. The fraction of sp³-hybridized carbons (Fsp3) is 1.00. The molecule has 0 aromatic heterocycles. The summed E-state index contributed by atoms with van der Waals surface area (Å²) >= 11 is 5.85. The first kappa shape index (κ1) is 15.3. The Bertz CT molecular complexity index is 183. The van der Waals surface area contributed by atoms with Gasteiger partial charge in [-0.05, 0) is 51.0 Å². The molecule has 3 heteroatoms. The van der Waals surface area contributed by atoms with Crippen molar-refractivity contribution in [2.75, 3.05) is 19.5 Å². The third-order valence-electron chi connectivity index (χ3n) is 3.87. The molecule has 0 aromatic rings. The lowest BCUT2D eigenvalue weighted by Crippen LogP contribution is -2.39. The molecule has 3 unspecified atom stereocenters. The Balaban J connectivity index is 2.22. The highest BCUT2D eigenvalue weighted by Gasteiger charge is 2.21. The molecule has 0 aromatic carbocycles. The molecule has 1 aliphatic rings. The first-order valence-electron chi connectivity index (χ1n) is 7.12. The number of alkyl halides is 1. The summed E-state index contributed by atoms with van der Waals surface area (Å²) in [5.74, 6) is 1.54. The van der Waals surface area contributed by atoms with Crippen LogP contribution in [0, 0.1) is 5.92 Å². The Labute approximate surface area is 111 Å². The molecule has 1 aliphatic carbocycles. The molecular weight excluding hydrogens is 234 g/mol. The highest BCUT2D eigenvalue weighted by atomic mass is 35.5. The minimum absolute atomic E-state index is 0.471. The number of nitrogens with one attached hydrogen (secondary N) is 1. The molecule has 17 heavy (non-hydrogen) atoms. The van der Waals surface area contributed by atoms with Crippen LogP contribution in [0.2, 0.25) is 0 Å². The Kier molecular flexibility index (Phi) is 8.25. The van der Waals surface area contributed by atoms with Crippen molar-refractivity contribution in [1.82, 2.24) is 5.32 Å². The Morgan fingerprint density at radius 1 is 1.35 bits per heavy atom. The van der Waals surface area contributed by atoms with Crippen LogP contribution < -0.4 is 5.32 Å². The first-order chi connectivity index (χ1) is 8.30. The molecule has 1 saturated carbocycles. The zero-order chi connectivity index (χ0) is 12.5. The molecule has 1 rings (SSSR count). The van der Waals surface area contributed by atoms with E-state index in [1.165, 1.54) is 38.5 Å². The van der Waals surface area contributed by atoms with Crippen molar-refractivity contribution in [2.24, 2.45) is 5.92 Å². The molecule has 0 saturated heterocycles. The van der Waals surface area contributed by atoms with Gasteiger partial charge in [-0.2, -0.15) is 0 Å². The number of halogens is 1. The highest BCUT2D eigenvalue weighted by molar-refractivity contribution is 6.17. The minimum atomic E-state index is 0.471. The van der Waals surface area contributed by atoms with Crippen LogP contribution in [-0.4, -0.2) is 31.7 Å². The van der Waals surface area contributed by atoms with E-state index in [1.54, 1.807) is 0 Å². The second-order valence-corrected chi connectivity index (χ2v) is 5.64. The second kappa shape index (κ2) is 9.18. The number of rotatable bonds is 8. The van der Waals surface area contributed by atoms with Crippen LogP contribution in [0.25, 0.3) is 0 Å². The van der Waals surface area contributed by atoms with Crippen molar-refractivity contribution < 1.29 is 4.74 Å². The third-order valence-corrected chi connectivity index (χ3v) is 4.09.